The summed E-state index contributed by atoms with van der Waals surface area (Å²) in [4.78, 5) is 0. The van der Waals surface area contributed by atoms with E-state index in [1.54, 1.807) is 0 Å². The van der Waals surface area contributed by atoms with E-state index in [1.807, 2.05) is 0 Å². The molecular formula is C27H36BrN2P. The van der Waals surface area contributed by atoms with Crippen LogP contribution in [-0.2, 0) is 0 Å². The van der Waals surface area contributed by atoms with Gasteiger partial charge in [0, 0.05) is 0 Å². The molecule has 0 bridgehead atoms. The normalized spacial score (nSPS) is 12.9. The van der Waals surface area contributed by atoms with Crippen LogP contribution in [0.2, 0.25) is 0 Å². The fourth-order valence-corrected chi connectivity index (χ4v) is 12.1. The zero-order valence-corrected chi connectivity index (χ0v) is 21.1. The topological polar surface area (TPSA) is 24.1 Å². The Hall–Kier alpha value is -1.51. The van der Waals surface area contributed by atoms with Crippen molar-refractivity contribution in [2.75, 3.05) is 32.3 Å². The van der Waals surface area contributed by atoms with Gasteiger partial charge < -0.3 is 0 Å². The van der Waals surface area contributed by atoms with E-state index in [4.69, 9.17) is 0 Å². The molecule has 0 saturated carbocycles. The molecule has 0 saturated heterocycles. The predicted molar refractivity (Wildman–Crippen MR) is 144 cm³/mol. The summed E-state index contributed by atoms with van der Waals surface area (Å²) in [5.74, 6) is 0. The molecule has 3 aromatic rings. The standard InChI is InChI=1S/C27H36BrN2P/c1-2-20-29-22-23-30-21-12-13-24-31(28,25-14-6-3-7-15-25,26-16-8-4-9-17-26)27-18-10-5-11-19-27/h3-11,14-19,29-30H,2,12-13,20-24H2,1H3. The second-order valence-corrected chi connectivity index (χ2v) is 17.2. The third kappa shape index (κ3) is 5.65. The minimum atomic E-state index is -2.75. The molecule has 0 fully saturated rings. The Balaban J connectivity index is 1.85. The predicted octanol–water partition coefficient (Wildman–Crippen LogP) is 5.20. The van der Waals surface area contributed by atoms with E-state index in [0.29, 0.717) is 0 Å². The Morgan fingerprint density at radius 1 is 0.581 bits per heavy atom. The zero-order chi connectivity index (χ0) is 21.9. The summed E-state index contributed by atoms with van der Waals surface area (Å²) in [6.45, 7) is 6.45. The van der Waals surface area contributed by atoms with Gasteiger partial charge in [-0.3, -0.25) is 0 Å². The van der Waals surface area contributed by atoms with Crippen LogP contribution < -0.4 is 26.5 Å². The average Bonchev–Trinajstić information content (AvgIpc) is 2.84. The molecule has 2 N–H and O–H groups in total. The van der Waals surface area contributed by atoms with E-state index in [2.05, 4.69) is 124 Å². The second kappa shape index (κ2) is 11.9. The molecular weight excluding hydrogens is 463 g/mol. The zero-order valence-electron chi connectivity index (χ0n) is 18.6. The number of benzene rings is 3. The van der Waals surface area contributed by atoms with Crippen LogP contribution in [0, 0.1) is 0 Å². The SMILES string of the molecule is CCCNCCNCCCCP(Br)(c1ccccc1)(c1ccccc1)c1ccccc1. The first-order valence-corrected chi connectivity index (χ1v) is 15.9. The van der Waals surface area contributed by atoms with E-state index in [1.165, 1.54) is 28.8 Å². The van der Waals surface area contributed by atoms with E-state index >= 15 is 0 Å². The van der Waals surface area contributed by atoms with Crippen molar-refractivity contribution in [3.05, 3.63) is 91.0 Å². The van der Waals surface area contributed by atoms with Crippen LogP contribution in [0.25, 0.3) is 0 Å². The quantitative estimate of drug-likeness (QED) is 0.250. The first-order chi connectivity index (χ1) is 15.2. The van der Waals surface area contributed by atoms with Crippen LogP contribution >= 0.6 is 20.8 Å². The molecule has 0 atom stereocenters. The molecule has 0 amide bonds. The van der Waals surface area contributed by atoms with Crippen LogP contribution in [0.5, 0.6) is 0 Å². The van der Waals surface area contributed by atoms with Gasteiger partial charge in [-0.25, -0.2) is 0 Å². The molecule has 0 aliphatic rings. The Kier molecular flexibility index (Phi) is 9.29. The summed E-state index contributed by atoms with van der Waals surface area (Å²) in [6.07, 6.45) is 4.64. The van der Waals surface area contributed by atoms with Crippen LogP contribution in [0.4, 0.5) is 0 Å². The number of hydrogen-bond acceptors (Lipinski definition) is 2. The third-order valence-electron chi connectivity index (χ3n) is 5.97. The van der Waals surface area contributed by atoms with Gasteiger partial charge in [0.05, 0.1) is 0 Å². The van der Waals surface area contributed by atoms with Crippen molar-refractivity contribution in [1.82, 2.24) is 10.6 Å². The molecule has 4 heteroatoms. The molecule has 3 aromatic carbocycles. The van der Waals surface area contributed by atoms with Gasteiger partial charge in [-0.15, -0.1) is 0 Å². The molecule has 0 spiro atoms. The van der Waals surface area contributed by atoms with E-state index in [0.717, 1.165) is 38.8 Å². The summed E-state index contributed by atoms with van der Waals surface area (Å²) < 4.78 is 0. The Bertz CT molecular complexity index is 787. The van der Waals surface area contributed by atoms with Crippen molar-refractivity contribution in [2.45, 2.75) is 26.2 Å². The monoisotopic (exact) mass is 498 g/mol. The number of unbranched alkanes of at least 4 members (excludes halogenated alkanes) is 1. The minimum absolute atomic E-state index is 1.04. The summed E-state index contributed by atoms with van der Waals surface area (Å²) in [5.41, 5.74) is 0. The molecule has 0 aliphatic heterocycles. The molecule has 0 aromatic heterocycles. The van der Waals surface area contributed by atoms with Crippen molar-refractivity contribution in [3.8, 4) is 0 Å². The Labute approximate surface area is 196 Å². The van der Waals surface area contributed by atoms with Gasteiger partial charge >= 0.3 is 197 Å². The summed E-state index contributed by atoms with van der Waals surface area (Å²) in [7, 11) is 0. The maximum absolute atomic E-state index is 4.53. The summed E-state index contributed by atoms with van der Waals surface area (Å²) >= 11 is 4.53. The third-order valence-corrected chi connectivity index (χ3v) is 16.0. The fraction of sp³-hybridized carbons (Fsp3) is 0.333. The van der Waals surface area contributed by atoms with Gasteiger partial charge in [-0.1, -0.05) is 0 Å². The number of nitrogens with one attached hydrogen (secondary N) is 2. The van der Waals surface area contributed by atoms with Crippen molar-refractivity contribution in [2.24, 2.45) is 0 Å². The van der Waals surface area contributed by atoms with Gasteiger partial charge in [-0.2, -0.15) is 0 Å². The Morgan fingerprint density at radius 2 is 1.00 bits per heavy atom. The number of halogens is 1. The van der Waals surface area contributed by atoms with Gasteiger partial charge in [0.2, 0.25) is 0 Å². The molecule has 0 unspecified atom stereocenters. The molecule has 0 heterocycles. The first-order valence-electron chi connectivity index (χ1n) is 11.5. The average molecular weight is 499 g/mol. The van der Waals surface area contributed by atoms with E-state index in [9.17, 15) is 0 Å². The maximum atomic E-state index is 4.53. The summed E-state index contributed by atoms with van der Waals surface area (Å²) in [6, 6.07) is 33.3. The number of hydrogen-bond donors (Lipinski definition) is 2. The van der Waals surface area contributed by atoms with E-state index < -0.39 is 5.31 Å². The van der Waals surface area contributed by atoms with Crippen molar-refractivity contribution < 1.29 is 0 Å². The molecule has 2 nitrogen and oxygen atoms in total. The van der Waals surface area contributed by atoms with Crippen molar-refractivity contribution in [3.63, 3.8) is 0 Å². The van der Waals surface area contributed by atoms with Gasteiger partial charge in [0.25, 0.3) is 0 Å². The van der Waals surface area contributed by atoms with Crippen LogP contribution in [0.15, 0.2) is 91.0 Å². The van der Waals surface area contributed by atoms with Gasteiger partial charge in [-0.05, 0) is 0 Å². The molecule has 0 radical (unpaired) electrons. The summed E-state index contributed by atoms with van der Waals surface area (Å²) in [5, 5.41) is 8.52. The van der Waals surface area contributed by atoms with Crippen molar-refractivity contribution >= 4 is 36.7 Å². The second-order valence-electron chi connectivity index (χ2n) is 8.12. The van der Waals surface area contributed by atoms with Crippen LogP contribution in [0.1, 0.15) is 26.2 Å². The van der Waals surface area contributed by atoms with Crippen LogP contribution in [0.3, 0.4) is 0 Å². The first kappa shape index (κ1) is 24.1. The van der Waals surface area contributed by atoms with Crippen LogP contribution in [-0.4, -0.2) is 32.3 Å². The fourth-order valence-electron chi connectivity index (χ4n) is 4.31. The molecule has 31 heavy (non-hydrogen) atoms. The Morgan fingerprint density at radius 3 is 1.42 bits per heavy atom. The molecule has 3 rings (SSSR count). The van der Waals surface area contributed by atoms with Gasteiger partial charge in [0.1, 0.15) is 0 Å². The van der Waals surface area contributed by atoms with Crippen molar-refractivity contribution in [1.29, 1.82) is 0 Å². The molecule has 0 aliphatic carbocycles. The van der Waals surface area contributed by atoms with E-state index in [-0.39, 0.29) is 0 Å². The van der Waals surface area contributed by atoms with Gasteiger partial charge in [0.15, 0.2) is 0 Å². The molecule has 166 valence electrons. The number of rotatable bonds is 13.